The van der Waals surface area contributed by atoms with Crippen LogP contribution in [-0.4, -0.2) is 71.0 Å². The number of hydrogen-bond acceptors (Lipinski definition) is 12. The molecule has 0 saturated carbocycles. The minimum Gasteiger partial charge on any atom is -0.427 e. The molecule has 0 radical (unpaired) electrons. The molecule has 4 aromatic carbocycles. The molecule has 1 aliphatic carbocycles. The summed E-state index contributed by atoms with van der Waals surface area (Å²) < 4.78 is 68.1. The van der Waals surface area contributed by atoms with Crippen LogP contribution >= 0.6 is 34.1 Å². The van der Waals surface area contributed by atoms with E-state index in [-0.39, 0.29) is 23.7 Å². The SMILES string of the molecule is CCCC1c2cc3c4cc2OP(N(CC)CC)Oc2cc5c(cc21)C(CCC)c1cc2c(cc1OP(N(CC)CC)O5)OP(N(CC)CC)Oc1cc(c(cc1C2CCC)C3CCC)OP(N(CC)CC)O4. The normalized spacial score (nSPS) is 23.3. The van der Waals surface area contributed by atoms with E-state index in [0.717, 1.165) is 150 Å². The molecule has 12 nitrogen and oxygen atoms in total. The van der Waals surface area contributed by atoms with Gasteiger partial charge in [0.25, 0.3) is 0 Å². The molecular formula is C56H80N4O8P4. The lowest BCUT2D eigenvalue weighted by molar-refractivity contribution is 0.349. The highest BCUT2D eigenvalue weighted by Crippen LogP contribution is 2.63. The first kappa shape index (κ1) is 53.7. The molecule has 8 bridgehead atoms. The molecule has 0 saturated heterocycles. The highest BCUT2D eigenvalue weighted by atomic mass is 31.2. The van der Waals surface area contributed by atoms with Gasteiger partial charge in [-0.25, -0.2) is 18.7 Å². The zero-order valence-electron chi connectivity index (χ0n) is 45.1. The van der Waals surface area contributed by atoms with E-state index in [1.807, 2.05) is 0 Å². The summed E-state index contributed by atoms with van der Waals surface area (Å²) in [5.74, 6) is 6.34. The van der Waals surface area contributed by atoms with Crippen molar-refractivity contribution in [2.45, 2.75) is 158 Å². The fourth-order valence-corrected chi connectivity index (χ4v) is 16.8. The van der Waals surface area contributed by atoms with E-state index in [1.54, 1.807) is 0 Å². The minimum atomic E-state index is -1.61. The van der Waals surface area contributed by atoms with Crippen molar-refractivity contribution in [3.63, 3.8) is 0 Å². The lowest BCUT2D eigenvalue weighted by atomic mass is 9.76. The van der Waals surface area contributed by atoms with Gasteiger partial charge < -0.3 is 36.2 Å². The van der Waals surface area contributed by atoms with Crippen LogP contribution in [-0.2, 0) is 0 Å². The molecule has 16 heteroatoms. The Morgan fingerprint density at radius 3 is 0.542 bits per heavy atom. The molecule has 0 fully saturated rings. The quantitative estimate of drug-likeness (QED) is 0.0790. The number of hydrogen-bond donors (Lipinski definition) is 0. The Morgan fingerprint density at radius 2 is 0.417 bits per heavy atom. The van der Waals surface area contributed by atoms with Crippen molar-refractivity contribution in [2.24, 2.45) is 0 Å². The van der Waals surface area contributed by atoms with E-state index in [9.17, 15) is 0 Å². The summed E-state index contributed by atoms with van der Waals surface area (Å²) in [6.45, 7) is 32.8. The van der Waals surface area contributed by atoms with Gasteiger partial charge in [-0.1, -0.05) is 109 Å². The van der Waals surface area contributed by atoms with E-state index in [1.165, 1.54) is 44.5 Å². The van der Waals surface area contributed by atoms with Crippen molar-refractivity contribution in [1.82, 2.24) is 18.7 Å². The maximum Gasteiger partial charge on any atom is 0.384 e. The summed E-state index contributed by atoms with van der Waals surface area (Å²) in [5, 5.41) is 0. The van der Waals surface area contributed by atoms with E-state index in [4.69, 9.17) is 36.2 Å². The monoisotopic (exact) mass is 1060 g/mol. The van der Waals surface area contributed by atoms with Gasteiger partial charge in [-0.05, 0) is 49.9 Å². The van der Waals surface area contributed by atoms with Gasteiger partial charge in [-0.3, -0.25) is 0 Å². The Hall–Kier alpha value is -3.16. The van der Waals surface area contributed by atoms with Crippen molar-refractivity contribution in [3.8, 4) is 46.0 Å². The Bertz CT molecular complexity index is 2060. The fourth-order valence-electron chi connectivity index (χ4n) is 11.3. The third-order valence-corrected chi connectivity index (χ3v) is 22.1. The molecule has 72 heavy (non-hydrogen) atoms. The van der Waals surface area contributed by atoms with Crippen molar-refractivity contribution >= 4 is 34.1 Å². The van der Waals surface area contributed by atoms with E-state index in [2.05, 4.69) is 150 Å². The summed E-state index contributed by atoms with van der Waals surface area (Å²) in [6, 6.07) is 18.7. The fraction of sp³-hybridized carbons (Fsp3) is 0.571. The first-order valence-electron chi connectivity index (χ1n) is 27.5. The predicted molar refractivity (Wildman–Crippen MR) is 297 cm³/mol. The molecule has 0 unspecified atom stereocenters. The van der Waals surface area contributed by atoms with Gasteiger partial charge in [0.15, 0.2) is 0 Å². The number of rotatable bonds is 20. The first-order valence-corrected chi connectivity index (χ1v) is 32.0. The van der Waals surface area contributed by atoms with E-state index >= 15 is 0 Å². The number of nitrogens with zero attached hydrogens (tertiary/aromatic N) is 4. The van der Waals surface area contributed by atoms with Gasteiger partial charge >= 0.3 is 34.1 Å². The summed E-state index contributed by atoms with van der Waals surface area (Å²) in [6.07, 6.45) is 7.45. The van der Waals surface area contributed by atoms with E-state index < -0.39 is 34.1 Å². The highest BCUT2D eigenvalue weighted by Gasteiger charge is 2.43. The van der Waals surface area contributed by atoms with Gasteiger partial charge in [-0.15, -0.1) is 0 Å². The van der Waals surface area contributed by atoms with Crippen LogP contribution in [0.15, 0.2) is 48.5 Å². The Morgan fingerprint density at radius 1 is 0.264 bits per heavy atom. The lowest BCUT2D eigenvalue weighted by Gasteiger charge is -2.39. The number of benzene rings is 4. The summed E-state index contributed by atoms with van der Waals surface area (Å²) in [4.78, 5) is 0. The lowest BCUT2D eigenvalue weighted by Crippen LogP contribution is -2.26. The third-order valence-electron chi connectivity index (χ3n) is 15.1. The van der Waals surface area contributed by atoms with Gasteiger partial charge in [0.05, 0.1) is 0 Å². The maximum absolute atomic E-state index is 7.36. The van der Waals surface area contributed by atoms with Crippen LogP contribution in [0.4, 0.5) is 0 Å². The van der Waals surface area contributed by atoms with Crippen LogP contribution < -0.4 is 36.2 Å². The van der Waals surface area contributed by atoms with Crippen LogP contribution in [0.3, 0.4) is 0 Å². The Labute approximate surface area is 436 Å². The zero-order valence-corrected chi connectivity index (χ0v) is 48.7. The average Bonchev–Trinajstić information content (AvgIpc) is 3.36. The summed E-state index contributed by atoms with van der Waals surface area (Å²) in [5.41, 5.74) is 9.39. The van der Waals surface area contributed by atoms with Crippen molar-refractivity contribution in [1.29, 1.82) is 0 Å². The molecule has 0 atom stereocenters. The van der Waals surface area contributed by atoms with Crippen LogP contribution in [0.2, 0.25) is 0 Å². The molecule has 4 aliphatic heterocycles. The third kappa shape index (κ3) is 10.2. The average molecular weight is 1060 g/mol. The second-order valence-electron chi connectivity index (χ2n) is 19.3. The molecule has 5 aliphatic rings. The standard InChI is InChI=1S/C56H80N4O8P4/c1-13-25-37-41-29-43-38(26-14-2)45-31-47-40(28-16-4)48-32-46-39(27-15-3)44-30-42(37)50-34-52(44)64-71(59(21-9)22-10)66-54(46)36-56(48)68-72(60(23-11)24-12)67-55(47)35-53(45)65-70(58(19-7)20-8)63-51(43)33-49(41)61-69(62-50)57(17-5)18-6/h29-40H,13-28H2,1-12H3. The van der Waals surface area contributed by atoms with Crippen molar-refractivity contribution in [3.05, 3.63) is 93.0 Å². The molecule has 0 amide bonds. The van der Waals surface area contributed by atoms with Crippen molar-refractivity contribution in [2.75, 3.05) is 52.4 Å². The first-order chi connectivity index (χ1) is 35.1. The van der Waals surface area contributed by atoms with Crippen LogP contribution in [0.5, 0.6) is 46.0 Å². The van der Waals surface area contributed by atoms with Crippen LogP contribution in [0.25, 0.3) is 0 Å². The molecule has 4 aromatic rings. The zero-order chi connectivity index (χ0) is 50.8. The molecule has 0 aromatic heterocycles. The predicted octanol–water partition coefficient (Wildman–Crippen LogP) is 17.1. The molecule has 0 N–H and O–H groups in total. The smallest absolute Gasteiger partial charge is 0.384 e. The summed E-state index contributed by atoms with van der Waals surface area (Å²) in [7, 11) is -6.44. The Kier molecular flexibility index (Phi) is 17.7. The van der Waals surface area contributed by atoms with Crippen LogP contribution in [0.1, 0.15) is 203 Å². The van der Waals surface area contributed by atoms with Gasteiger partial charge in [0, 0.05) is 145 Å². The maximum atomic E-state index is 7.36. The molecule has 9 rings (SSSR count). The van der Waals surface area contributed by atoms with Gasteiger partial charge in [0.1, 0.15) is 46.0 Å². The molecule has 4 heterocycles. The van der Waals surface area contributed by atoms with E-state index in [0.29, 0.717) is 0 Å². The highest BCUT2D eigenvalue weighted by molar-refractivity contribution is 7.46. The van der Waals surface area contributed by atoms with Gasteiger partial charge in [-0.2, -0.15) is 0 Å². The second-order valence-corrected chi connectivity index (χ2v) is 24.9. The molecular weight excluding hydrogens is 981 g/mol. The van der Waals surface area contributed by atoms with Crippen molar-refractivity contribution < 1.29 is 36.2 Å². The topological polar surface area (TPSA) is 86.8 Å². The molecule has 392 valence electrons. The summed E-state index contributed by atoms with van der Waals surface area (Å²) >= 11 is 0. The second kappa shape index (κ2) is 23.8. The largest absolute Gasteiger partial charge is 0.427 e. The Balaban J connectivity index is 1.47. The molecule has 0 spiro atoms. The minimum absolute atomic E-state index is 0.0469. The van der Waals surface area contributed by atoms with Crippen LogP contribution in [0, 0.1) is 0 Å². The van der Waals surface area contributed by atoms with Gasteiger partial charge in [0.2, 0.25) is 0 Å².